The second-order valence-corrected chi connectivity index (χ2v) is 15.0. The quantitative estimate of drug-likeness (QED) is 0.248. The lowest BCUT2D eigenvalue weighted by molar-refractivity contribution is 0.0223. The zero-order valence-corrected chi connectivity index (χ0v) is 38.2. The first kappa shape index (κ1) is 50.2. The Labute approximate surface area is 395 Å². The topological polar surface area (TPSA) is 182 Å². The molecule has 4 aromatic rings. The minimum atomic E-state index is -0.240. The smallest absolute Gasteiger partial charge is 0.193 e. The third kappa shape index (κ3) is 16.2. The van der Waals surface area contributed by atoms with E-state index < -0.39 is 0 Å². The van der Waals surface area contributed by atoms with Gasteiger partial charge >= 0.3 is 0 Å². The molecule has 0 aromatic heterocycles. The fraction of sp³-hybridized carbons (Fsp3) is 0.480. The Morgan fingerprint density at radius 2 is 0.382 bits per heavy atom. The summed E-state index contributed by atoms with van der Waals surface area (Å²) in [6, 6.07) is 20.2. The number of benzene rings is 4. The highest BCUT2D eigenvalue weighted by Gasteiger charge is 2.20. The zero-order chi connectivity index (χ0) is 46.9. The molecule has 0 atom stereocenters. The van der Waals surface area contributed by atoms with Gasteiger partial charge in [-0.15, -0.1) is 0 Å². The van der Waals surface area contributed by atoms with E-state index in [2.05, 4.69) is 0 Å². The third-order valence-electron chi connectivity index (χ3n) is 10.2. The lowest BCUT2D eigenvalue weighted by Gasteiger charge is -2.17. The molecule has 3 aliphatic heterocycles. The summed E-state index contributed by atoms with van der Waals surface area (Å²) in [6.45, 7) is 7.70. The predicted octanol–water partition coefficient (Wildman–Crippen LogP) is 5.05. The standard InChI is InChI=1S/C50H60O18/c51-49(39-3-7-43-47(35-39)67-31-23-59-15-11-55-19-27-63-43)37-1-5-41-45(33-37)65-29-21-57-14-10-54-18-26-62-42-6-2-38(34-46(42)66-30-22-58-13-9-53-17-25-61-41)50(52)40-4-8-44-48(36-40)68-32-24-60-16-12-56-20-28-64-44/h1-8,33-36H,9-32H2. The van der Waals surface area contributed by atoms with Crippen LogP contribution in [0.2, 0.25) is 0 Å². The van der Waals surface area contributed by atoms with Crippen molar-refractivity contribution in [2.75, 3.05) is 159 Å². The van der Waals surface area contributed by atoms with Gasteiger partial charge in [0.25, 0.3) is 0 Å². The first-order chi connectivity index (χ1) is 33.6. The van der Waals surface area contributed by atoms with Crippen molar-refractivity contribution in [2.24, 2.45) is 0 Å². The van der Waals surface area contributed by atoms with Crippen LogP contribution in [-0.4, -0.2) is 170 Å². The number of hydrogen-bond acceptors (Lipinski definition) is 18. The predicted molar refractivity (Wildman–Crippen MR) is 243 cm³/mol. The Morgan fingerprint density at radius 3 is 0.574 bits per heavy atom. The van der Waals surface area contributed by atoms with E-state index in [1.54, 1.807) is 72.8 Å². The van der Waals surface area contributed by atoms with E-state index in [0.717, 1.165) is 0 Å². The molecule has 18 nitrogen and oxygen atoms in total. The average molecular weight is 949 g/mol. The van der Waals surface area contributed by atoms with Gasteiger partial charge < -0.3 is 75.8 Å². The first-order valence-corrected chi connectivity index (χ1v) is 22.9. The molecule has 18 heteroatoms. The van der Waals surface area contributed by atoms with Crippen molar-refractivity contribution in [3.8, 4) is 46.0 Å². The van der Waals surface area contributed by atoms with E-state index in [1.807, 2.05) is 0 Å². The maximum absolute atomic E-state index is 13.8. The number of rotatable bonds is 4. The summed E-state index contributed by atoms with van der Waals surface area (Å²) in [5.74, 6) is 3.05. The molecule has 0 N–H and O–H groups in total. The van der Waals surface area contributed by atoms with Crippen LogP contribution in [0.5, 0.6) is 46.0 Å². The van der Waals surface area contributed by atoms with Crippen LogP contribution in [0.1, 0.15) is 31.8 Å². The Hall–Kier alpha value is -5.70. The summed E-state index contributed by atoms with van der Waals surface area (Å²) in [6.07, 6.45) is 0. The normalized spacial score (nSPS) is 18.4. The number of carbonyl (C=O) groups excluding carboxylic acids is 2. The molecule has 0 spiro atoms. The molecule has 0 aliphatic carbocycles. The molecule has 0 fully saturated rings. The van der Waals surface area contributed by atoms with Crippen LogP contribution in [0.3, 0.4) is 0 Å². The highest BCUT2D eigenvalue weighted by atomic mass is 16.6. The van der Waals surface area contributed by atoms with E-state index in [9.17, 15) is 9.59 Å². The van der Waals surface area contributed by atoms with E-state index in [4.69, 9.17) is 75.8 Å². The monoisotopic (exact) mass is 948 g/mol. The fourth-order valence-corrected chi connectivity index (χ4v) is 6.83. The highest BCUT2D eigenvalue weighted by Crippen LogP contribution is 2.34. The van der Waals surface area contributed by atoms with E-state index in [1.165, 1.54) is 0 Å². The van der Waals surface area contributed by atoms with E-state index >= 15 is 0 Å². The van der Waals surface area contributed by atoms with Gasteiger partial charge in [0.2, 0.25) is 0 Å². The van der Waals surface area contributed by atoms with Gasteiger partial charge in [0.05, 0.1) is 106 Å². The van der Waals surface area contributed by atoms with Gasteiger partial charge in [-0.1, -0.05) is 0 Å². The molecule has 0 saturated carbocycles. The minimum Gasteiger partial charge on any atom is -0.487 e. The molecule has 368 valence electrons. The summed E-state index contributed by atoms with van der Waals surface area (Å²) in [7, 11) is 0. The van der Waals surface area contributed by atoms with Crippen LogP contribution in [-0.2, 0) is 37.9 Å². The maximum Gasteiger partial charge on any atom is 0.193 e. The van der Waals surface area contributed by atoms with Crippen molar-refractivity contribution >= 4 is 11.6 Å². The summed E-state index contributed by atoms with van der Waals surface area (Å²) >= 11 is 0. The van der Waals surface area contributed by atoms with Crippen LogP contribution in [0.25, 0.3) is 0 Å². The summed E-state index contributed by atoms with van der Waals surface area (Å²) in [5.41, 5.74) is 1.60. The van der Waals surface area contributed by atoms with Crippen LogP contribution >= 0.6 is 0 Å². The molecule has 0 unspecified atom stereocenters. The second kappa shape index (κ2) is 28.6. The van der Waals surface area contributed by atoms with Crippen molar-refractivity contribution in [3.05, 3.63) is 95.1 Å². The number of carbonyl (C=O) groups is 2. The molecular weight excluding hydrogens is 889 g/mol. The van der Waals surface area contributed by atoms with Crippen molar-refractivity contribution in [1.29, 1.82) is 0 Å². The Kier molecular flexibility index (Phi) is 21.1. The lowest BCUT2D eigenvalue weighted by Crippen LogP contribution is -2.16. The van der Waals surface area contributed by atoms with Gasteiger partial charge in [0.1, 0.15) is 52.9 Å². The summed E-state index contributed by atoms with van der Waals surface area (Å²) in [5, 5.41) is 0. The maximum atomic E-state index is 13.8. The van der Waals surface area contributed by atoms with E-state index in [0.29, 0.717) is 161 Å². The van der Waals surface area contributed by atoms with Gasteiger partial charge in [-0.25, -0.2) is 0 Å². The number of ketones is 2. The molecule has 0 radical (unpaired) electrons. The van der Waals surface area contributed by atoms with Crippen molar-refractivity contribution in [1.82, 2.24) is 0 Å². The fourth-order valence-electron chi connectivity index (χ4n) is 6.83. The Balaban J connectivity index is 0.934. The van der Waals surface area contributed by atoms with Crippen LogP contribution in [0.4, 0.5) is 0 Å². The average Bonchev–Trinajstić information content (AvgIpc) is 3.35. The van der Waals surface area contributed by atoms with Crippen molar-refractivity contribution in [2.45, 2.75) is 0 Å². The zero-order valence-electron chi connectivity index (χ0n) is 38.2. The number of ether oxygens (including phenoxy) is 16. The largest absolute Gasteiger partial charge is 0.487 e. The van der Waals surface area contributed by atoms with Crippen molar-refractivity contribution < 1.29 is 85.4 Å². The molecule has 4 aromatic carbocycles. The minimum absolute atomic E-state index is 0.183. The molecule has 68 heavy (non-hydrogen) atoms. The third-order valence-corrected chi connectivity index (χ3v) is 10.2. The molecule has 3 aliphatic rings. The molecule has 0 amide bonds. The van der Waals surface area contributed by atoms with Crippen LogP contribution in [0, 0.1) is 0 Å². The molecule has 3 heterocycles. The molecule has 0 saturated heterocycles. The molecule has 0 bridgehead atoms. The Morgan fingerprint density at radius 1 is 0.221 bits per heavy atom. The SMILES string of the molecule is O=C(c1ccc2c(c1)OCCOCCOCCO2)c1ccc2c(c1)OCCOCCOCCOc1ccc(C(=O)c3ccc4c(c3)OCCOCCOCCO4)cc1OCCOCCOCCO2. The summed E-state index contributed by atoms with van der Waals surface area (Å²) in [4.78, 5) is 27.6. The van der Waals surface area contributed by atoms with E-state index in [-0.39, 0.29) is 77.6 Å². The van der Waals surface area contributed by atoms with Crippen LogP contribution < -0.4 is 37.9 Å². The van der Waals surface area contributed by atoms with Gasteiger partial charge in [-0.05, 0) is 72.8 Å². The summed E-state index contributed by atoms with van der Waals surface area (Å²) < 4.78 is 93.1. The Bertz CT molecular complexity index is 2010. The number of fused-ring (bicyclic) bond motifs is 4. The highest BCUT2D eigenvalue weighted by molar-refractivity contribution is 6.10. The number of hydrogen-bond donors (Lipinski definition) is 0. The molecule has 7 rings (SSSR count). The van der Waals surface area contributed by atoms with Gasteiger partial charge in [-0.3, -0.25) is 9.59 Å². The van der Waals surface area contributed by atoms with Gasteiger partial charge in [0.15, 0.2) is 57.6 Å². The van der Waals surface area contributed by atoms with Crippen molar-refractivity contribution in [3.63, 3.8) is 0 Å². The molecular formula is C50H60O18. The second-order valence-electron chi connectivity index (χ2n) is 15.0. The van der Waals surface area contributed by atoms with Gasteiger partial charge in [0, 0.05) is 22.3 Å². The van der Waals surface area contributed by atoms with Gasteiger partial charge in [-0.2, -0.15) is 0 Å². The lowest BCUT2D eigenvalue weighted by atomic mass is 10.0. The van der Waals surface area contributed by atoms with Crippen LogP contribution in [0.15, 0.2) is 72.8 Å². The first-order valence-electron chi connectivity index (χ1n) is 22.9.